The molecule has 0 unspecified atom stereocenters. The normalized spacial score (nSPS) is 24.3. The smallest absolute Gasteiger partial charge is 0.407 e. The van der Waals surface area contributed by atoms with Crippen molar-refractivity contribution in [1.82, 2.24) is 20.8 Å². The Morgan fingerprint density at radius 3 is 2.74 bits per heavy atom. The van der Waals surface area contributed by atoms with Crippen LogP contribution in [0.25, 0.3) is 0 Å². The lowest BCUT2D eigenvalue weighted by atomic mass is 9.78. The zero-order valence-electron chi connectivity index (χ0n) is 20.1. The summed E-state index contributed by atoms with van der Waals surface area (Å²) in [6, 6.07) is 1.99. The molecule has 2 amide bonds. The Morgan fingerprint density at radius 1 is 1.24 bits per heavy atom. The lowest BCUT2D eigenvalue weighted by molar-refractivity contribution is -0.113. The second kappa shape index (κ2) is 12.5. The predicted molar refractivity (Wildman–Crippen MR) is 127 cm³/mol. The van der Waals surface area contributed by atoms with E-state index in [0.29, 0.717) is 18.2 Å². The van der Waals surface area contributed by atoms with Gasteiger partial charge in [0.2, 0.25) is 0 Å². The maximum Gasteiger partial charge on any atom is 0.407 e. The summed E-state index contributed by atoms with van der Waals surface area (Å²) in [6.45, 7) is 0.875. The molecule has 11 heteroatoms. The molecule has 2 fully saturated rings. The van der Waals surface area contributed by atoms with Crippen LogP contribution in [0.4, 0.5) is 10.6 Å². The first-order chi connectivity index (χ1) is 16.4. The molecule has 34 heavy (non-hydrogen) atoms. The van der Waals surface area contributed by atoms with Crippen molar-refractivity contribution in [1.29, 1.82) is 5.41 Å². The molecule has 1 aromatic heterocycles. The third-order valence-corrected chi connectivity index (χ3v) is 6.36. The molecule has 0 spiro atoms. The van der Waals surface area contributed by atoms with Gasteiger partial charge in [-0.05, 0) is 50.5 Å². The van der Waals surface area contributed by atoms with E-state index < -0.39 is 5.91 Å². The number of nitrogens with zero attached hydrogens (tertiary/aromatic N) is 1. The highest BCUT2D eigenvalue weighted by Crippen LogP contribution is 2.36. The van der Waals surface area contributed by atoms with Crippen molar-refractivity contribution in [2.45, 2.75) is 56.6 Å². The number of aromatic amines is 1. The topological polar surface area (TPSA) is 150 Å². The Kier molecular flexibility index (Phi) is 9.46. The van der Waals surface area contributed by atoms with Gasteiger partial charge >= 0.3 is 6.09 Å². The highest BCUT2D eigenvalue weighted by molar-refractivity contribution is 6.08. The number of anilines is 1. The number of aromatic nitrogens is 2. The molecular formula is C23H36N6O5. The molecule has 1 heterocycles. The Hall–Kier alpha value is -2.92. The van der Waals surface area contributed by atoms with Gasteiger partial charge in [0.05, 0.1) is 12.3 Å². The number of hydrogen-bond acceptors (Lipinski definition) is 8. The number of nitrogens with one attached hydrogen (secondary N) is 5. The first-order valence-electron chi connectivity index (χ1n) is 11.7. The fourth-order valence-electron chi connectivity index (χ4n) is 4.47. The summed E-state index contributed by atoms with van der Waals surface area (Å²) < 4.78 is 15.6. The minimum absolute atomic E-state index is 0.115. The van der Waals surface area contributed by atoms with E-state index in [-0.39, 0.29) is 42.2 Å². The molecular weight excluding hydrogens is 440 g/mol. The van der Waals surface area contributed by atoms with Gasteiger partial charge in [-0.25, -0.2) is 4.79 Å². The standard InChI is InChI=1S/C23H36N6O5/c1-25-20(11-16(24)13-33-3)22(30)27-21-12-19(28-29-21)15-4-5-18(10-15)34-23(31)26-17-8-14(9-17)6-7-32-2/h11-12,14-15,17-18,24-25H,4-10,13H2,1-3H3,(H,26,31)(H2,27,28,29,30)/b20-11-,24-16?/t14-,15-,17+,18+/m0/s1. The molecule has 2 atom stereocenters. The van der Waals surface area contributed by atoms with Crippen LogP contribution in [0.2, 0.25) is 0 Å². The van der Waals surface area contributed by atoms with E-state index in [2.05, 4.69) is 26.1 Å². The number of likely N-dealkylation sites (N-methyl/N-ethyl adjacent to an activating group) is 1. The maximum atomic E-state index is 12.5. The molecule has 1 aromatic rings. The Bertz CT molecular complexity index is 879. The number of amides is 2. The van der Waals surface area contributed by atoms with Gasteiger partial charge < -0.3 is 35.6 Å². The number of hydrogen-bond donors (Lipinski definition) is 5. The van der Waals surface area contributed by atoms with Gasteiger partial charge in [-0.15, -0.1) is 0 Å². The van der Waals surface area contributed by atoms with Crippen molar-refractivity contribution in [2.75, 3.05) is 39.8 Å². The first-order valence-corrected chi connectivity index (χ1v) is 11.7. The Balaban J connectivity index is 1.42. The molecule has 0 bridgehead atoms. The summed E-state index contributed by atoms with van der Waals surface area (Å²) >= 11 is 0. The molecule has 0 radical (unpaired) electrons. The summed E-state index contributed by atoms with van der Waals surface area (Å²) in [5, 5.41) is 23.4. The SMILES string of the molecule is CN/C(=C\C(=N)COC)C(=O)Nc1cc([C@H]2CC[C@@H](OC(=O)N[C@H]3C[C@@H](CCOC)C3)C2)[nH]n1. The van der Waals surface area contributed by atoms with Gasteiger partial charge in [0.25, 0.3) is 5.91 Å². The van der Waals surface area contributed by atoms with Crippen molar-refractivity contribution in [3.05, 3.63) is 23.5 Å². The van der Waals surface area contributed by atoms with Crippen molar-refractivity contribution in [3.63, 3.8) is 0 Å². The third kappa shape index (κ3) is 7.29. The van der Waals surface area contributed by atoms with Crippen LogP contribution in [-0.4, -0.2) is 74.5 Å². The van der Waals surface area contributed by atoms with Crippen LogP contribution in [-0.2, 0) is 19.0 Å². The molecule has 0 aromatic carbocycles. The van der Waals surface area contributed by atoms with E-state index in [1.54, 1.807) is 20.2 Å². The van der Waals surface area contributed by atoms with Gasteiger partial charge in [0.1, 0.15) is 11.8 Å². The van der Waals surface area contributed by atoms with Crippen LogP contribution in [0, 0.1) is 11.3 Å². The molecule has 0 aliphatic heterocycles. The lowest BCUT2D eigenvalue weighted by Crippen LogP contribution is -2.45. The van der Waals surface area contributed by atoms with Gasteiger partial charge in [-0.3, -0.25) is 9.89 Å². The van der Waals surface area contributed by atoms with Crippen molar-refractivity contribution in [2.24, 2.45) is 5.92 Å². The average molecular weight is 477 g/mol. The zero-order chi connectivity index (χ0) is 24.5. The first kappa shape index (κ1) is 25.7. The minimum Gasteiger partial charge on any atom is -0.446 e. The van der Waals surface area contributed by atoms with E-state index in [1.807, 2.05) is 0 Å². The molecule has 3 rings (SSSR count). The van der Waals surface area contributed by atoms with Crippen LogP contribution < -0.4 is 16.0 Å². The van der Waals surface area contributed by atoms with Crippen LogP contribution in [0.15, 0.2) is 17.8 Å². The summed E-state index contributed by atoms with van der Waals surface area (Å²) in [5.74, 6) is 0.793. The molecule has 2 aliphatic rings. The van der Waals surface area contributed by atoms with E-state index in [9.17, 15) is 9.59 Å². The highest BCUT2D eigenvalue weighted by atomic mass is 16.6. The largest absolute Gasteiger partial charge is 0.446 e. The van der Waals surface area contributed by atoms with Gasteiger partial charge in [0, 0.05) is 51.6 Å². The quantitative estimate of drug-likeness (QED) is 0.229. The zero-order valence-corrected chi connectivity index (χ0v) is 20.1. The van der Waals surface area contributed by atoms with Crippen molar-refractivity contribution < 1.29 is 23.8 Å². The monoisotopic (exact) mass is 476 g/mol. The second-order valence-electron chi connectivity index (χ2n) is 8.93. The molecule has 11 nitrogen and oxygen atoms in total. The van der Waals surface area contributed by atoms with Gasteiger partial charge in [0.15, 0.2) is 5.82 Å². The third-order valence-electron chi connectivity index (χ3n) is 6.36. The number of carbonyl (C=O) groups is 2. The fraction of sp³-hybridized carbons (Fsp3) is 0.652. The number of H-pyrrole nitrogens is 1. The highest BCUT2D eigenvalue weighted by Gasteiger charge is 2.33. The van der Waals surface area contributed by atoms with E-state index >= 15 is 0 Å². The number of carbonyl (C=O) groups excluding carboxylic acids is 2. The fourth-order valence-corrected chi connectivity index (χ4v) is 4.47. The van der Waals surface area contributed by atoms with Crippen LogP contribution in [0.3, 0.4) is 0 Å². The number of rotatable bonds is 12. The van der Waals surface area contributed by atoms with Crippen LogP contribution in [0.5, 0.6) is 0 Å². The predicted octanol–water partition coefficient (Wildman–Crippen LogP) is 2.30. The number of methoxy groups -OCH3 is 2. The Labute approximate surface area is 199 Å². The van der Waals surface area contributed by atoms with E-state index in [1.165, 1.54) is 13.2 Å². The summed E-state index contributed by atoms with van der Waals surface area (Å²) in [7, 11) is 4.81. The lowest BCUT2D eigenvalue weighted by Gasteiger charge is -2.35. The second-order valence-corrected chi connectivity index (χ2v) is 8.93. The summed E-state index contributed by atoms with van der Waals surface area (Å²) in [4.78, 5) is 24.7. The van der Waals surface area contributed by atoms with Crippen molar-refractivity contribution in [3.8, 4) is 0 Å². The van der Waals surface area contributed by atoms with Gasteiger partial charge in [-0.1, -0.05) is 0 Å². The number of ether oxygens (including phenoxy) is 3. The van der Waals surface area contributed by atoms with E-state index in [4.69, 9.17) is 19.6 Å². The molecule has 2 aliphatic carbocycles. The minimum atomic E-state index is -0.397. The van der Waals surface area contributed by atoms with Crippen LogP contribution >= 0.6 is 0 Å². The summed E-state index contributed by atoms with van der Waals surface area (Å²) in [5.41, 5.74) is 1.31. The maximum absolute atomic E-state index is 12.5. The molecule has 5 N–H and O–H groups in total. The molecule has 0 saturated heterocycles. The molecule has 188 valence electrons. The van der Waals surface area contributed by atoms with Crippen LogP contribution in [0.1, 0.15) is 50.1 Å². The van der Waals surface area contributed by atoms with Crippen molar-refractivity contribution >= 4 is 23.5 Å². The Morgan fingerprint density at radius 2 is 2.03 bits per heavy atom. The van der Waals surface area contributed by atoms with E-state index in [0.717, 1.165) is 44.4 Å². The average Bonchev–Trinajstić information content (AvgIpc) is 3.43. The molecule has 2 saturated carbocycles. The number of alkyl carbamates (subject to hydrolysis) is 1. The summed E-state index contributed by atoms with van der Waals surface area (Å²) in [6.07, 6.45) is 6.29. The van der Waals surface area contributed by atoms with Gasteiger partial charge in [-0.2, -0.15) is 5.10 Å².